The first-order chi connectivity index (χ1) is 20.5. The van der Waals surface area contributed by atoms with Gasteiger partial charge in [-0.3, -0.25) is 23.8 Å². The molecule has 0 unspecified atom stereocenters. The van der Waals surface area contributed by atoms with Crippen molar-refractivity contribution >= 4 is 28.1 Å². The summed E-state index contributed by atoms with van der Waals surface area (Å²) in [4.78, 5) is 27.3. The minimum Gasteiger partial charge on any atom is -0.492 e. The zero-order valence-electron chi connectivity index (χ0n) is 24.2. The van der Waals surface area contributed by atoms with E-state index in [0.717, 1.165) is 84.9 Å². The third-order valence-corrected chi connectivity index (χ3v) is 8.31. The summed E-state index contributed by atoms with van der Waals surface area (Å²) in [5.41, 5.74) is 6.06. The highest BCUT2D eigenvalue weighted by Crippen LogP contribution is 2.44. The lowest BCUT2D eigenvalue weighted by molar-refractivity contribution is 0.102. The number of carbonyl (C=O) groups excluding carboxylic acids is 1. The molecule has 5 aromatic rings. The summed E-state index contributed by atoms with van der Waals surface area (Å²) >= 11 is 0. The van der Waals surface area contributed by atoms with Gasteiger partial charge in [-0.25, -0.2) is 4.98 Å². The summed E-state index contributed by atoms with van der Waals surface area (Å²) in [5.74, 6) is 0.966. The lowest BCUT2D eigenvalue weighted by atomic mass is 10.1. The van der Waals surface area contributed by atoms with Crippen molar-refractivity contribution in [1.82, 2.24) is 33.9 Å². The largest absolute Gasteiger partial charge is 0.492 e. The van der Waals surface area contributed by atoms with Crippen LogP contribution in [0.3, 0.4) is 0 Å². The molecule has 1 N–H and O–H groups in total. The minimum atomic E-state index is -0.212. The molecule has 216 valence electrons. The lowest BCUT2D eigenvalue weighted by Gasteiger charge is -2.32. The fourth-order valence-corrected chi connectivity index (χ4v) is 5.66. The maximum atomic E-state index is 13.6. The van der Waals surface area contributed by atoms with Crippen molar-refractivity contribution in [3.05, 3.63) is 83.7 Å². The molecule has 1 saturated carbocycles. The average molecular weight is 565 g/mol. The van der Waals surface area contributed by atoms with Gasteiger partial charge in [-0.2, -0.15) is 5.10 Å². The molecule has 10 heteroatoms. The van der Waals surface area contributed by atoms with Gasteiger partial charge < -0.3 is 15.0 Å². The molecule has 10 nitrogen and oxygen atoms in total. The normalized spacial score (nSPS) is 16.3. The Bertz CT molecular complexity index is 1730. The molecule has 42 heavy (non-hydrogen) atoms. The number of nitrogens with zero attached hydrogens (tertiary/aromatic N) is 7. The van der Waals surface area contributed by atoms with Crippen molar-refractivity contribution in [2.75, 3.05) is 51.7 Å². The molecule has 0 atom stereocenters. The van der Waals surface area contributed by atoms with Crippen LogP contribution in [-0.2, 0) is 6.54 Å². The molecule has 0 spiro atoms. The number of ether oxygens (including phenoxy) is 1. The number of piperazine rings is 1. The molecule has 7 rings (SSSR count). The quantitative estimate of drug-likeness (QED) is 0.287. The Hall–Kier alpha value is -4.28. The second kappa shape index (κ2) is 11.2. The fraction of sp³-hybridized carbons (Fsp3) is 0.375. The zero-order valence-corrected chi connectivity index (χ0v) is 24.2. The van der Waals surface area contributed by atoms with E-state index in [4.69, 9.17) is 9.84 Å². The summed E-state index contributed by atoms with van der Waals surface area (Å²) in [5, 5.41) is 9.20. The van der Waals surface area contributed by atoms with Crippen LogP contribution >= 0.6 is 0 Å². The van der Waals surface area contributed by atoms with Crippen molar-refractivity contribution in [3.63, 3.8) is 0 Å². The summed E-state index contributed by atoms with van der Waals surface area (Å²) < 4.78 is 9.86. The molecule has 0 radical (unpaired) electrons. The van der Waals surface area contributed by atoms with Gasteiger partial charge in [0.25, 0.3) is 5.91 Å². The van der Waals surface area contributed by atoms with E-state index >= 15 is 0 Å². The number of hydrogen-bond donors (Lipinski definition) is 1. The van der Waals surface area contributed by atoms with Crippen LogP contribution in [-0.4, -0.2) is 86.2 Å². The van der Waals surface area contributed by atoms with Gasteiger partial charge in [-0.05, 0) is 56.6 Å². The second-order valence-corrected chi connectivity index (χ2v) is 11.5. The summed E-state index contributed by atoms with van der Waals surface area (Å²) in [6.45, 7) is 8.45. The first-order valence-electron chi connectivity index (χ1n) is 14.7. The van der Waals surface area contributed by atoms with E-state index in [0.29, 0.717) is 30.4 Å². The van der Waals surface area contributed by atoms with Gasteiger partial charge in [0.1, 0.15) is 23.7 Å². The third-order valence-electron chi connectivity index (χ3n) is 8.31. The van der Waals surface area contributed by atoms with Gasteiger partial charge in [-0.15, -0.1) is 0 Å². The van der Waals surface area contributed by atoms with E-state index < -0.39 is 0 Å². The molecule has 0 bridgehead atoms. The van der Waals surface area contributed by atoms with E-state index in [9.17, 15) is 4.79 Å². The standard InChI is InChI=1S/C32H36N8O2/c1-22-6-7-23(19-33-22)21-40-27-5-3-4-26(30(27)31(36-40)24-8-9-24)35-32(41)28-20-34-29-18-25(10-11-39(28)29)42-17-16-38-14-12-37(2)13-15-38/h3-7,10-11,18-20,24H,8-9,12-17,21H2,1-2H3,(H,35,41). The number of likely N-dealkylation sites (N-methyl/N-ethyl adjacent to an activating group) is 1. The Morgan fingerprint density at radius 2 is 1.90 bits per heavy atom. The molecule has 2 fully saturated rings. The highest BCUT2D eigenvalue weighted by atomic mass is 16.5. The Labute approximate surface area is 244 Å². The summed E-state index contributed by atoms with van der Waals surface area (Å²) in [6, 6.07) is 13.9. The van der Waals surface area contributed by atoms with E-state index in [2.05, 4.69) is 44.3 Å². The van der Waals surface area contributed by atoms with Crippen molar-refractivity contribution in [3.8, 4) is 5.75 Å². The highest BCUT2D eigenvalue weighted by molar-refractivity contribution is 6.09. The predicted molar refractivity (Wildman–Crippen MR) is 162 cm³/mol. The number of anilines is 1. The maximum Gasteiger partial charge on any atom is 0.274 e. The Morgan fingerprint density at radius 3 is 2.69 bits per heavy atom. The highest BCUT2D eigenvalue weighted by Gasteiger charge is 2.30. The Morgan fingerprint density at radius 1 is 1.05 bits per heavy atom. The molecule has 5 heterocycles. The minimum absolute atomic E-state index is 0.212. The SMILES string of the molecule is Cc1ccc(Cn2nc(C3CC3)c3c(NC(=O)c4cnc5cc(OCCN6CCN(C)CC6)ccn45)cccc32)cn1. The van der Waals surface area contributed by atoms with Crippen molar-refractivity contribution in [2.45, 2.75) is 32.2 Å². The Kier molecular flexibility index (Phi) is 7.09. The molecule has 2 aliphatic rings. The second-order valence-electron chi connectivity index (χ2n) is 11.5. The van der Waals surface area contributed by atoms with Gasteiger partial charge >= 0.3 is 0 Å². The first-order valence-corrected chi connectivity index (χ1v) is 14.7. The first kappa shape index (κ1) is 26.6. The predicted octanol–water partition coefficient (Wildman–Crippen LogP) is 4.19. The number of rotatable bonds is 9. The van der Waals surface area contributed by atoms with Crippen LogP contribution in [0, 0.1) is 6.92 Å². The van der Waals surface area contributed by atoms with Gasteiger partial charge in [0, 0.05) is 68.2 Å². The molecular weight excluding hydrogens is 528 g/mol. The average Bonchev–Trinajstić information content (AvgIpc) is 3.65. The van der Waals surface area contributed by atoms with Crippen LogP contribution in [0.2, 0.25) is 0 Å². The smallest absolute Gasteiger partial charge is 0.274 e. The van der Waals surface area contributed by atoms with Gasteiger partial charge in [0.05, 0.1) is 29.6 Å². The molecule has 1 aliphatic carbocycles. The number of aromatic nitrogens is 5. The maximum absolute atomic E-state index is 13.6. The number of imidazole rings is 1. The van der Waals surface area contributed by atoms with E-state index in [1.165, 1.54) is 0 Å². The molecule has 1 amide bonds. The van der Waals surface area contributed by atoms with Gasteiger partial charge in [0.15, 0.2) is 0 Å². The molecule has 1 aliphatic heterocycles. The summed E-state index contributed by atoms with van der Waals surface area (Å²) in [6.07, 6.45) is 7.61. The number of fused-ring (bicyclic) bond motifs is 2. The van der Waals surface area contributed by atoms with Crippen LogP contribution in [0.5, 0.6) is 5.75 Å². The molecule has 4 aromatic heterocycles. The van der Waals surface area contributed by atoms with E-state index in [-0.39, 0.29) is 5.91 Å². The number of nitrogens with one attached hydrogen (secondary N) is 1. The Balaban J connectivity index is 1.08. The number of benzene rings is 1. The van der Waals surface area contributed by atoms with Crippen molar-refractivity contribution < 1.29 is 9.53 Å². The number of hydrogen-bond acceptors (Lipinski definition) is 7. The lowest BCUT2D eigenvalue weighted by Crippen LogP contribution is -2.45. The van der Waals surface area contributed by atoms with Crippen LogP contribution in [0.1, 0.15) is 46.2 Å². The number of pyridine rings is 2. The van der Waals surface area contributed by atoms with Crippen molar-refractivity contribution in [1.29, 1.82) is 0 Å². The number of amides is 1. The van der Waals surface area contributed by atoms with Crippen LogP contribution in [0.4, 0.5) is 5.69 Å². The number of aryl methyl sites for hydroxylation is 1. The van der Waals surface area contributed by atoms with Gasteiger partial charge in [-0.1, -0.05) is 12.1 Å². The van der Waals surface area contributed by atoms with E-state index in [1.807, 2.05) is 54.3 Å². The van der Waals surface area contributed by atoms with Crippen LogP contribution < -0.4 is 10.1 Å². The van der Waals surface area contributed by atoms with Gasteiger partial charge in [0.2, 0.25) is 0 Å². The van der Waals surface area contributed by atoms with Crippen LogP contribution in [0.15, 0.2) is 61.1 Å². The third kappa shape index (κ3) is 5.47. The molecular formula is C32H36N8O2. The number of carbonyl (C=O) groups is 1. The molecule has 1 saturated heterocycles. The summed E-state index contributed by atoms with van der Waals surface area (Å²) in [7, 11) is 2.16. The van der Waals surface area contributed by atoms with E-state index in [1.54, 1.807) is 10.6 Å². The van der Waals surface area contributed by atoms with Crippen molar-refractivity contribution in [2.24, 2.45) is 0 Å². The fourth-order valence-electron chi connectivity index (χ4n) is 5.66. The van der Waals surface area contributed by atoms with Crippen LogP contribution in [0.25, 0.3) is 16.6 Å². The zero-order chi connectivity index (χ0) is 28.6. The molecule has 1 aromatic carbocycles. The monoisotopic (exact) mass is 564 g/mol. The topological polar surface area (TPSA) is 92.8 Å².